The Kier molecular flexibility index (Phi) is 3.62. The van der Waals surface area contributed by atoms with E-state index in [0.717, 1.165) is 11.3 Å². The number of nitrogens with zero attached hydrogens (tertiary/aromatic N) is 2. The minimum atomic E-state index is -0.401. The van der Waals surface area contributed by atoms with E-state index in [0.29, 0.717) is 6.54 Å². The lowest BCUT2D eigenvalue weighted by Crippen LogP contribution is -2.18. The van der Waals surface area contributed by atoms with Crippen molar-refractivity contribution in [2.24, 2.45) is 5.73 Å². The molecule has 4 nitrogen and oxygen atoms in total. The fourth-order valence-electron chi connectivity index (χ4n) is 1.79. The summed E-state index contributed by atoms with van der Waals surface area (Å²) in [6.45, 7) is 2.43. The summed E-state index contributed by atoms with van der Waals surface area (Å²) < 4.78 is 20.2. The van der Waals surface area contributed by atoms with Crippen molar-refractivity contribution in [3.63, 3.8) is 0 Å². The normalized spacial score (nSPS) is 12.4. The summed E-state index contributed by atoms with van der Waals surface area (Å²) in [7, 11) is 1.44. The van der Waals surface area contributed by atoms with Crippen molar-refractivity contribution in [3.8, 4) is 5.75 Å². The molecular formula is C13H16FN3O. The van der Waals surface area contributed by atoms with Crippen molar-refractivity contribution in [2.75, 3.05) is 7.11 Å². The number of halogens is 1. The maximum absolute atomic E-state index is 13.6. The molecule has 1 atom stereocenters. The zero-order valence-corrected chi connectivity index (χ0v) is 10.4. The Bertz CT molecular complexity index is 539. The second-order valence-corrected chi connectivity index (χ2v) is 4.18. The average Bonchev–Trinajstić information content (AvgIpc) is 2.74. The largest absolute Gasteiger partial charge is 0.494 e. The lowest BCUT2D eigenvalue weighted by atomic mass is 10.1. The molecule has 0 aliphatic heterocycles. The molecule has 5 heteroatoms. The van der Waals surface area contributed by atoms with E-state index >= 15 is 0 Å². The number of aryl methyl sites for hydroxylation is 1. The van der Waals surface area contributed by atoms with Crippen LogP contribution < -0.4 is 10.5 Å². The Morgan fingerprint density at radius 2 is 2.22 bits per heavy atom. The fourth-order valence-corrected chi connectivity index (χ4v) is 1.79. The van der Waals surface area contributed by atoms with Crippen LogP contribution in [0, 0.1) is 12.7 Å². The molecule has 1 unspecified atom stereocenters. The fraction of sp³-hybridized carbons (Fsp3) is 0.308. The van der Waals surface area contributed by atoms with Gasteiger partial charge in [-0.05, 0) is 30.7 Å². The molecule has 0 saturated heterocycles. The number of ether oxygens (including phenoxy) is 1. The van der Waals surface area contributed by atoms with Crippen LogP contribution in [0.4, 0.5) is 4.39 Å². The van der Waals surface area contributed by atoms with E-state index in [1.54, 1.807) is 16.8 Å². The number of rotatable bonds is 4. The molecule has 0 spiro atoms. The van der Waals surface area contributed by atoms with Gasteiger partial charge in [-0.1, -0.05) is 6.07 Å². The van der Waals surface area contributed by atoms with Gasteiger partial charge in [0.15, 0.2) is 11.6 Å². The quantitative estimate of drug-likeness (QED) is 0.902. The Labute approximate surface area is 105 Å². The smallest absolute Gasteiger partial charge is 0.165 e. The third-order valence-corrected chi connectivity index (χ3v) is 2.76. The zero-order chi connectivity index (χ0) is 13.1. The van der Waals surface area contributed by atoms with Crippen LogP contribution in [0.2, 0.25) is 0 Å². The Morgan fingerprint density at radius 3 is 2.78 bits per heavy atom. The third-order valence-electron chi connectivity index (χ3n) is 2.76. The molecule has 1 aromatic heterocycles. The van der Waals surface area contributed by atoms with E-state index in [-0.39, 0.29) is 11.8 Å². The molecule has 0 radical (unpaired) electrons. The SMILES string of the molecule is COc1ccc(C(N)Cn2ccc(C)n2)cc1F. The minimum Gasteiger partial charge on any atom is -0.494 e. The highest BCUT2D eigenvalue weighted by atomic mass is 19.1. The van der Waals surface area contributed by atoms with Crippen molar-refractivity contribution in [2.45, 2.75) is 19.5 Å². The first kappa shape index (κ1) is 12.6. The Hall–Kier alpha value is -1.88. The van der Waals surface area contributed by atoms with Crippen molar-refractivity contribution in [3.05, 3.63) is 47.5 Å². The molecule has 0 aliphatic carbocycles. The van der Waals surface area contributed by atoms with Gasteiger partial charge in [-0.15, -0.1) is 0 Å². The number of nitrogens with two attached hydrogens (primary N) is 1. The van der Waals surface area contributed by atoms with E-state index in [9.17, 15) is 4.39 Å². The summed E-state index contributed by atoms with van der Waals surface area (Å²) in [6.07, 6.45) is 1.86. The first-order chi connectivity index (χ1) is 8.60. The maximum Gasteiger partial charge on any atom is 0.165 e. The van der Waals surface area contributed by atoms with Gasteiger partial charge in [0.25, 0.3) is 0 Å². The molecular weight excluding hydrogens is 233 g/mol. The van der Waals surface area contributed by atoms with Gasteiger partial charge in [-0.2, -0.15) is 5.10 Å². The summed E-state index contributed by atoms with van der Waals surface area (Å²) in [5.41, 5.74) is 7.69. The number of hydrogen-bond acceptors (Lipinski definition) is 3. The van der Waals surface area contributed by atoms with E-state index in [4.69, 9.17) is 10.5 Å². The lowest BCUT2D eigenvalue weighted by Gasteiger charge is -2.13. The van der Waals surface area contributed by atoms with Gasteiger partial charge in [0.05, 0.1) is 19.3 Å². The number of aromatic nitrogens is 2. The molecule has 2 rings (SSSR count). The Balaban J connectivity index is 2.13. The summed E-state index contributed by atoms with van der Waals surface area (Å²) in [4.78, 5) is 0. The summed E-state index contributed by atoms with van der Waals surface area (Å²) >= 11 is 0. The molecule has 0 aliphatic rings. The third kappa shape index (κ3) is 2.68. The summed E-state index contributed by atoms with van der Waals surface area (Å²) in [5, 5.41) is 4.25. The predicted molar refractivity (Wildman–Crippen MR) is 66.8 cm³/mol. The first-order valence-corrected chi connectivity index (χ1v) is 5.69. The van der Waals surface area contributed by atoms with Crippen LogP contribution in [0.25, 0.3) is 0 Å². The monoisotopic (exact) mass is 249 g/mol. The highest BCUT2D eigenvalue weighted by Gasteiger charge is 2.11. The van der Waals surface area contributed by atoms with Crippen molar-refractivity contribution >= 4 is 0 Å². The van der Waals surface area contributed by atoms with Gasteiger partial charge in [0.1, 0.15) is 0 Å². The molecule has 1 aromatic carbocycles. The van der Waals surface area contributed by atoms with Gasteiger partial charge in [-0.3, -0.25) is 4.68 Å². The van der Waals surface area contributed by atoms with Crippen molar-refractivity contribution in [1.29, 1.82) is 0 Å². The maximum atomic E-state index is 13.6. The molecule has 1 heterocycles. The van der Waals surface area contributed by atoms with E-state index in [1.807, 2.05) is 19.2 Å². The van der Waals surface area contributed by atoms with Crippen molar-refractivity contribution < 1.29 is 9.13 Å². The van der Waals surface area contributed by atoms with E-state index in [2.05, 4.69) is 5.10 Å². The van der Waals surface area contributed by atoms with Gasteiger partial charge in [0.2, 0.25) is 0 Å². The average molecular weight is 249 g/mol. The summed E-state index contributed by atoms with van der Waals surface area (Å²) in [5.74, 6) is -0.178. The first-order valence-electron chi connectivity index (χ1n) is 5.69. The van der Waals surface area contributed by atoms with Gasteiger partial charge >= 0.3 is 0 Å². The molecule has 0 bridgehead atoms. The number of benzene rings is 1. The zero-order valence-electron chi connectivity index (χ0n) is 10.4. The highest BCUT2D eigenvalue weighted by molar-refractivity contribution is 5.30. The molecule has 0 fully saturated rings. The van der Waals surface area contributed by atoms with Crippen LogP contribution in [0.15, 0.2) is 30.5 Å². The minimum absolute atomic E-state index is 0.223. The topological polar surface area (TPSA) is 53.1 Å². The molecule has 96 valence electrons. The molecule has 18 heavy (non-hydrogen) atoms. The molecule has 2 N–H and O–H groups in total. The number of hydrogen-bond donors (Lipinski definition) is 1. The van der Waals surface area contributed by atoms with Gasteiger partial charge < -0.3 is 10.5 Å². The molecule has 0 saturated carbocycles. The molecule has 0 amide bonds. The highest BCUT2D eigenvalue weighted by Crippen LogP contribution is 2.21. The standard InChI is InChI=1S/C13H16FN3O/c1-9-5-6-17(16-9)8-12(15)10-3-4-13(18-2)11(14)7-10/h3-7,12H,8,15H2,1-2H3. The van der Waals surface area contributed by atoms with Gasteiger partial charge in [-0.25, -0.2) is 4.39 Å². The van der Waals surface area contributed by atoms with Crippen LogP contribution in [0.1, 0.15) is 17.3 Å². The molecule has 2 aromatic rings. The van der Waals surface area contributed by atoms with Crippen LogP contribution in [-0.4, -0.2) is 16.9 Å². The van der Waals surface area contributed by atoms with Crippen LogP contribution in [-0.2, 0) is 6.54 Å². The second-order valence-electron chi connectivity index (χ2n) is 4.18. The predicted octanol–water partition coefficient (Wildman–Crippen LogP) is 2.04. The summed E-state index contributed by atoms with van der Waals surface area (Å²) in [6, 6.07) is 6.35. The van der Waals surface area contributed by atoms with Crippen molar-refractivity contribution in [1.82, 2.24) is 9.78 Å². The van der Waals surface area contributed by atoms with E-state index in [1.165, 1.54) is 13.2 Å². The van der Waals surface area contributed by atoms with Crippen LogP contribution >= 0.6 is 0 Å². The van der Waals surface area contributed by atoms with Crippen LogP contribution in [0.5, 0.6) is 5.75 Å². The van der Waals surface area contributed by atoms with Gasteiger partial charge in [0, 0.05) is 12.2 Å². The second kappa shape index (κ2) is 5.18. The lowest BCUT2D eigenvalue weighted by molar-refractivity contribution is 0.385. The van der Waals surface area contributed by atoms with Crippen LogP contribution in [0.3, 0.4) is 0 Å². The Morgan fingerprint density at radius 1 is 1.44 bits per heavy atom. The number of methoxy groups -OCH3 is 1. The van der Waals surface area contributed by atoms with E-state index < -0.39 is 5.82 Å².